The number of aromatic nitrogens is 1. The highest BCUT2D eigenvalue weighted by Crippen LogP contribution is 2.20. The highest BCUT2D eigenvalue weighted by Gasteiger charge is 2.21. The Labute approximate surface area is 209 Å². The van der Waals surface area contributed by atoms with Gasteiger partial charge in [0.05, 0.1) is 25.8 Å². The zero-order valence-corrected chi connectivity index (χ0v) is 20.5. The lowest BCUT2D eigenvalue weighted by Crippen LogP contribution is -2.33. The van der Waals surface area contributed by atoms with Crippen molar-refractivity contribution in [2.75, 3.05) is 32.3 Å². The molecule has 0 radical (unpaired) electrons. The van der Waals surface area contributed by atoms with Crippen molar-refractivity contribution in [2.45, 2.75) is 26.4 Å². The molecular formula is C26H29N3O7. The minimum Gasteiger partial charge on any atom is -0.497 e. The minimum atomic E-state index is -0.432. The van der Waals surface area contributed by atoms with Crippen LogP contribution in [-0.2, 0) is 27.4 Å². The zero-order valence-electron chi connectivity index (χ0n) is 20.5. The van der Waals surface area contributed by atoms with Crippen molar-refractivity contribution in [1.29, 1.82) is 0 Å². The Bertz CT molecular complexity index is 1160. The minimum absolute atomic E-state index is 0.0145. The summed E-state index contributed by atoms with van der Waals surface area (Å²) >= 11 is 0. The van der Waals surface area contributed by atoms with E-state index < -0.39 is 11.9 Å². The highest BCUT2D eigenvalue weighted by atomic mass is 16.5. The van der Waals surface area contributed by atoms with Gasteiger partial charge < -0.3 is 29.0 Å². The van der Waals surface area contributed by atoms with Crippen molar-refractivity contribution in [3.63, 3.8) is 0 Å². The van der Waals surface area contributed by atoms with Gasteiger partial charge in [0.2, 0.25) is 0 Å². The molecular weight excluding hydrogens is 466 g/mol. The van der Waals surface area contributed by atoms with Crippen LogP contribution in [0.2, 0.25) is 0 Å². The molecule has 1 aromatic heterocycles. The fourth-order valence-corrected chi connectivity index (χ4v) is 3.25. The summed E-state index contributed by atoms with van der Waals surface area (Å²) in [4.78, 5) is 38.7. The number of esters is 1. The molecule has 0 bridgehead atoms. The first kappa shape index (κ1) is 26.4. The quantitative estimate of drug-likeness (QED) is 0.380. The van der Waals surface area contributed by atoms with Crippen molar-refractivity contribution in [1.82, 2.24) is 10.5 Å². The molecule has 1 heterocycles. The molecule has 0 spiro atoms. The normalized spacial score (nSPS) is 10.5. The molecule has 1 N–H and O–H groups in total. The number of rotatable bonds is 12. The summed E-state index contributed by atoms with van der Waals surface area (Å²) in [7, 11) is 3.01. The topological polar surface area (TPSA) is 120 Å². The van der Waals surface area contributed by atoms with Gasteiger partial charge in [-0.2, -0.15) is 0 Å². The Kier molecular flexibility index (Phi) is 9.58. The van der Waals surface area contributed by atoms with E-state index in [2.05, 4.69) is 10.5 Å². The standard InChI is InChI=1S/C26H29N3O7/c1-4-13-35-26(32)19-7-9-20(10-8-19)29(24(30)17-33-2)16-22-14-23(28-36-22)25(31)27-15-18-5-11-21(34-3)12-6-18/h5-12,14H,4,13,15-17H2,1-3H3,(H,27,31). The number of nitrogens with zero attached hydrogens (tertiary/aromatic N) is 2. The summed E-state index contributed by atoms with van der Waals surface area (Å²) < 4.78 is 20.6. The average Bonchev–Trinajstić information content (AvgIpc) is 3.38. The van der Waals surface area contributed by atoms with Gasteiger partial charge in [-0.3, -0.25) is 9.59 Å². The Balaban J connectivity index is 1.67. The van der Waals surface area contributed by atoms with E-state index >= 15 is 0 Å². The van der Waals surface area contributed by atoms with Gasteiger partial charge in [0, 0.05) is 25.4 Å². The maximum atomic E-state index is 12.7. The van der Waals surface area contributed by atoms with Gasteiger partial charge >= 0.3 is 5.97 Å². The third kappa shape index (κ3) is 7.16. The second-order valence-corrected chi connectivity index (χ2v) is 7.80. The molecule has 10 nitrogen and oxygen atoms in total. The van der Waals surface area contributed by atoms with Gasteiger partial charge in [-0.25, -0.2) is 4.79 Å². The second kappa shape index (κ2) is 13.1. The van der Waals surface area contributed by atoms with Crippen molar-refractivity contribution >= 4 is 23.5 Å². The molecule has 0 unspecified atom stereocenters. The number of ether oxygens (including phenoxy) is 3. The summed E-state index contributed by atoms with van der Waals surface area (Å²) in [5, 5.41) is 6.62. The van der Waals surface area contributed by atoms with E-state index in [4.69, 9.17) is 18.7 Å². The summed E-state index contributed by atoms with van der Waals surface area (Å²) in [5.74, 6) is -0.143. The van der Waals surface area contributed by atoms with Crippen LogP contribution in [-0.4, -0.2) is 50.4 Å². The molecule has 0 fully saturated rings. The Morgan fingerprint density at radius 3 is 2.39 bits per heavy atom. The number of benzene rings is 2. The molecule has 0 aliphatic heterocycles. The largest absolute Gasteiger partial charge is 0.497 e. The van der Waals surface area contributed by atoms with Crippen LogP contribution < -0.4 is 15.0 Å². The van der Waals surface area contributed by atoms with Crippen LogP contribution in [0.3, 0.4) is 0 Å². The predicted octanol–water partition coefficient (Wildman–Crippen LogP) is 3.36. The summed E-state index contributed by atoms with van der Waals surface area (Å²) in [6, 6.07) is 15.2. The molecule has 2 aromatic carbocycles. The maximum absolute atomic E-state index is 12.7. The van der Waals surface area contributed by atoms with Crippen LogP contribution in [0.25, 0.3) is 0 Å². The van der Waals surface area contributed by atoms with E-state index in [1.165, 1.54) is 18.1 Å². The highest BCUT2D eigenvalue weighted by molar-refractivity contribution is 5.96. The van der Waals surface area contributed by atoms with Gasteiger partial charge in [-0.1, -0.05) is 24.2 Å². The Morgan fingerprint density at radius 2 is 1.75 bits per heavy atom. The fourth-order valence-electron chi connectivity index (χ4n) is 3.25. The maximum Gasteiger partial charge on any atom is 0.338 e. The van der Waals surface area contributed by atoms with E-state index in [-0.39, 0.29) is 24.8 Å². The molecule has 0 saturated heterocycles. The number of nitrogens with one attached hydrogen (secondary N) is 1. The number of amides is 2. The van der Waals surface area contributed by atoms with Gasteiger partial charge in [-0.15, -0.1) is 0 Å². The lowest BCUT2D eigenvalue weighted by atomic mass is 10.2. The lowest BCUT2D eigenvalue weighted by Gasteiger charge is -2.21. The van der Waals surface area contributed by atoms with Crippen molar-refractivity contribution < 1.29 is 33.1 Å². The number of anilines is 1. The molecule has 2 amide bonds. The molecule has 3 aromatic rings. The van der Waals surface area contributed by atoms with E-state index in [9.17, 15) is 14.4 Å². The molecule has 190 valence electrons. The first-order chi connectivity index (χ1) is 17.4. The predicted molar refractivity (Wildman–Crippen MR) is 131 cm³/mol. The zero-order chi connectivity index (χ0) is 25.9. The molecule has 3 rings (SSSR count). The number of hydrogen-bond acceptors (Lipinski definition) is 8. The number of hydrogen-bond donors (Lipinski definition) is 1. The molecule has 0 atom stereocenters. The van der Waals surface area contributed by atoms with Crippen molar-refractivity contribution in [3.8, 4) is 5.75 Å². The molecule has 36 heavy (non-hydrogen) atoms. The summed E-state index contributed by atoms with van der Waals surface area (Å²) in [5.41, 5.74) is 1.88. The number of carbonyl (C=O) groups excluding carboxylic acids is 3. The summed E-state index contributed by atoms with van der Waals surface area (Å²) in [6.45, 7) is 2.40. The first-order valence-electron chi connectivity index (χ1n) is 11.4. The third-order valence-corrected chi connectivity index (χ3v) is 5.14. The SMILES string of the molecule is CCCOC(=O)c1ccc(N(Cc2cc(C(=O)NCc3ccc(OC)cc3)no2)C(=O)COC)cc1. The molecule has 0 saturated carbocycles. The first-order valence-corrected chi connectivity index (χ1v) is 11.4. The number of methoxy groups -OCH3 is 2. The average molecular weight is 496 g/mol. The fraction of sp³-hybridized carbons (Fsp3) is 0.308. The molecule has 0 aliphatic rings. The Hall–Kier alpha value is -4.18. The van der Waals surface area contributed by atoms with Crippen LogP contribution in [0.1, 0.15) is 45.5 Å². The van der Waals surface area contributed by atoms with E-state index in [1.54, 1.807) is 31.4 Å². The smallest absolute Gasteiger partial charge is 0.338 e. The van der Waals surface area contributed by atoms with Crippen molar-refractivity contribution in [2.24, 2.45) is 0 Å². The van der Waals surface area contributed by atoms with Gasteiger partial charge in [0.1, 0.15) is 12.4 Å². The van der Waals surface area contributed by atoms with Gasteiger partial charge in [-0.05, 0) is 48.4 Å². The summed E-state index contributed by atoms with van der Waals surface area (Å²) in [6.07, 6.45) is 0.724. The van der Waals surface area contributed by atoms with Crippen LogP contribution >= 0.6 is 0 Å². The molecule has 0 aliphatic carbocycles. The number of carbonyl (C=O) groups is 3. The van der Waals surface area contributed by atoms with E-state index in [0.717, 1.165) is 17.7 Å². The third-order valence-electron chi connectivity index (χ3n) is 5.14. The van der Waals surface area contributed by atoms with Crippen LogP contribution in [0, 0.1) is 0 Å². The monoisotopic (exact) mass is 495 g/mol. The van der Waals surface area contributed by atoms with Gasteiger partial charge in [0.15, 0.2) is 11.5 Å². The van der Waals surface area contributed by atoms with Crippen LogP contribution in [0.4, 0.5) is 5.69 Å². The van der Waals surface area contributed by atoms with Gasteiger partial charge in [0.25, 0.3) is 11.8 Å². The van der Waals surface area contributed by atoms with E-state index in [0.29, 0.717) is 30.2 Å². The molecule has 10 heteroatoms. The van der Waals surface area contributed by atoms with Crippen LogP contribution in [0.15, 0.2) is 59.1 Å². The van der Waals surface area contributed by atoms with Crippen molar-refractivity contribution in [3.05, 3.63) is 77.2 Å². The van der Waals surface area contributed by atoms with Crippen LogP contribution in [0.5, 0.6) is 5.75 Å². The Morgan fingerprint density at radius 1 is 1.03 bits per heavy atom. The van der Waals surface area contributed by atoms with E-state index in [1.807, 2.05) is 31.2 Å². The second-order valence-electron chi connectivity index (χ2n) is 7.80. The lowest BCUT2D eigenvalue weighted by molar-refractivity contribution is -0.122.